The lowest BCUT2D eigenvalue weighted by atomic mass is 10.2. The average molecular weight is 395 g/mol. The van der Waals surface area contributed by atoms with Gasteiger partial charge in [0.2, 0.25) is 0 Å². The molecule has 2 heterocycles. The Morgan fingerprint density at radius 3 is 2.33 bits per heavy atom. The van der Waals surface area contributed by atoms with Gasteiger partial charge < -0.3 is 0 Å². The number of aromatic nitrogens is 4. The molecule has 0 saturated heterocycles. The van der Waals surface area contributed by atoms with Crippen molar-refractivity contribution in [3.8, 4) is 22.9 Å². The molecule has 0 radical (unpaired) electrons. The number of nitro groups is 1. The normalized spacial score (nSPS) is 11.1. The molecule has 0 aliphatic rings. The Morgan fingerprint density at radius 1 is 0.900 bits per heavy atom. The largest absolute Gasteiger partial charge is 0.276 e. The number of hydrogen-bond acceptors (Lipinski definition) is 4. The van der Waals surface area contributed by atoms with Crippen molar-refractivity contribution in [2.75, 3.05) is 0 Å². The van der Waals surface area contributed by atoms with Crippen LogP contribution in [-0.4, -0.2) is 24.3 Å². The third kappa shape index (κ3) is 2.93. The minimum atomic E-state index is -0.402. The first-order chi connectivity index (χ1) is 14.6. The fourth-order valence-electron chi connectivity index (χ4n) is 3.59. The second-order valence-electron chi connectivity index (χ2n) is 6.95. The van der Waals surface area contributed by atoms with Gasteiger partial charge in [0.05, 0.1) is 27.3 Å². The summed E-state index contributed by atoms with van der Waals surface area (Å²) in [4.78, 5) is 15.5. The van der Waals surface area contributed by atoms with Crippen LogP contribution in [0.4, 0.5) is 5.69 Å². The highest BCUT2D eigenvalue weighted by Gasteiger charge is 2.19. The zero-order valence-electron chi connectivity index (χ0n) is 16.1. The standard InChI is InChI=1S/C23H17N5O2/c1-16-15-22(27(25-16)18-7-3-2-4-8-18)26-21-10-6-5-9-20(21)24-23(26)17-11-13-19(14-12-17)28(29)30/h2-15H,1H3. The Labute approximate surface area is 172 Å². The van der Waals surface area contributed by atoms with Gasteiger partial charge in [-0.3, -0.25) is 14.7 Å². The monoisotopic (exact) mass is 395 g/mol. The van der Waals surface area contributed by atoms with Crippen LogP contribution < -0.4 is 0 Å². The van der Waals surface area contributed by atoms with E-state index in [-0.39, 0.29) is 5.69 Å². The van der Waals surface area contributed by atoms with Gasteiger partial charge >= 0.3 is 0 Å². The van der Waals surface area contributed by atoms with Crippen molar-refractivity contribution >= 4 is 16.7 Å². The fourth-order valence-corrected chi connectivity index (χ4v) is 3.59. The summed E-state index contributed by atoms with van der Waals surface area (Å²) in [5, 5.41) is 15.7. The van der Waals surface area contributed by atoms with Gasteiger partial charge in [-0.1, -0.05) is 30.3 Å². The molecule has 0 atom stereocenters. The summed E-state index contributed by atoms with van der Waals surface area (Å²) in [6.45, 7) is 1.95. The molecule has 7 nitrogen and oxygen atoms in total. The van der Waals surface area contributed by atoms with Crippen molar-refractivity contribution in [3.05, 3.63) is 101 Å². The molecule has 0 N–H and O–H groups in total. The summed E-state index contributed by atoms with van der Waals surface area (Å²) in [5.41, 5.74) is 4.42. The molecule has 0 fully saturated rings. The van der Waals surface area contributed by atoms with Crippen LogP contribution in [0.1, 0.15) is 5.69 Å². The van der Waals surface area contributed by atoms with Crippen LogP contribution in [0.15, 0.2) is 84.9 Å². The Kier molecular flexibility index (Phi) is 4.14. The van der Waals surface area contributed by atoms with E-state index in [2.05, 4.69) is 0 Å². The molecule has 5 rings (SSSR count). The Balaban J connectivity index is 1.78. The molecule has 0 aliphatic heterocycles. The molecule has 0 spiro atoms. The van der Waals surface area contributed by atoms with Crippen molar-refractivity contribution in [1.82, 2.24) is 19.3 Å². The SMILES string of the molecule is Cc1cc(-n2c(-c3ccc([N+](=O)[O-])cc3)nc3ccccc32)n(-c2ccccc2)n1. The highest BCUT2D eigenvalue weighted by molar-refractivity contribution is 5.83. The van der Waals surface area contributed by atoms with Crippen LogP contribution in [0, 0.1) is 17.0 Å². The van der Waals surface area contributed by atoms with Gasteiger partial charge in [0, 0.05) is 23.8 Å². The first kappa shape index (κ1) is 17.8. The first-order valence-electron chi connectivity index (χ1n) is 9.46. The molecule has 0 aliphatic carbocycles. The Bertz CT molecular complexity index is 1370. The number of nitrogens with zero attached hydrogens (tertiary/aromatic N) is 5. The van der Waals surface area contributed by atoms with E-state index in [0.717, 1.165) is 33.8 Å². The molecule has 3 aromatic carbocycles. The summed E-state index contributed by atoms with van der Waals surface area (Å²) >= 11 is 0. The summed E-state index contributed by atoms with van der Waals surface area (Å²) in [6, 6.07) is 26.3. The summed E-state index contributed by atoms with van der Waals surface area (Å²) in [6.07, 6.45) is 0. The molecular formula is C23H17N5O2. The highest BCUT2D eigenvalue weighted by atomic mass is 16.6. The van der Waals surface area contributed by atoms with Crippen LogP contribution >= 0.6 is 0 Å². The highest BCUT2D eigenvalue weighted by Crippen LogP contribution is 2.31. The molecule has 0 unspecified atom stereocenters. The Hall–Kier alpha value is -4.26. The van der Waals surface area contributed by atoms with Crippen molar-refractivity contribution in [1.29, 1.82) is 0 Å². The number of imidazole rings is 1. The van der Waals surface area contributed by atoms with Gasteiger partial charge in [-0.05, 0) is 43.3 Å². The number of non-ortho nitro benzene ring substituents is 1. The zero-order valence-corrected chi connectivity index (χ0v) is 16.1. The molecule has 0 saturated carbocycles. The molecular weight excluding hydrogens is 378 g/mol. The number of para-hydroxylation sites is 3. The maximum absolute atomic E-state index is 11.1. The minimum Gasteiger partial charge on any atom is -0.276 e. The molecule has 7 heteroatoms. The Morgan fingerprint density at radius 2 is 1.60 bits per heavy atom. The molecule has 30 heavy (non-hydrogen) atoms. The second kappa shape index (κ2) is 6.97. The fraction of sp³-hybridized carbons (Fsp3) is 0.0435. The number of hydrogen-bond donors (Lipinski definition) is 0. The topological polar surface area (TPSA) is 78.8 Å². The van der Waals surface area contributed by atoms with E-state index >= 15 is 0 Å². The van der Waals surface area contributed by atoms with E-state index in [4.69, 9.17) is 10.1 Å². The van der Waals surface area contributed by atoms with Crippen molar-refractivity contribution in [2.45, 2.75) is 6.92 Å². The van der Waals surface area contributed by atoms with Gasteiger partial charge in [0.15, 0.2) is 0 Å². The minimum absolute atomic E-state index is 0.0478. The summed E-state index contributed by atoms with van der Waals surface area (Å²) in [5.74, 6) is 1.55. The maximum Gasteiger partial charge on any atom is 0.269 e. The van der Waals surface area contributed by atoms with Crippen LogP contribution in [0.5, 0.6) is 0 Å². The maximum atomic E-state index is 11.1. The van der Waals surface area contributed by atoms with E-state index in [0.29, 0.717) is 5.82 Å². The average Bonchev–Trinajstić information content (AvgIpc) is 3.34. The third-order valence-electron chi connectivity index (χ3n) is 4.94. The van der Waals surface area contributed by atoms with E-state index in [1.165, 1.54) is 12.1 Å². The van der Waals surface area contributed by atoms with E-state index in [1.54, 1.807) is 12.1 Å². The summed E-state index contributed by atoms with van der Waals surface area (Å²) < 4.78 is 3.93. The molecule has 2 aromatic heterocycles. The summed E-state index contributed by atoms with van der Waals surface area (Å²) in [7, 11) is 0. The lowest BCUT2D eigenvalue weighted by Gasteiger charge is -2.12. The van der Waals surface area contributed by atoms with Crippen LogP contribution in [0.25, 0.3) is 33.9 Å². The van der Waals surface area contributed by atoms with Crippen molar-refractivity contribution < 1.29 is 4.92 Å². The quantitative estimate of drug-likeness (QED) is 0.313. The lowest BCUT2D eigenvalue weighted by molar-refractivity contribution is -0.384. The first-order valence-corrected chi connectivity index (χ1v) is 9.46. The third-order valence-corrected chi connectivity index (χ3v) is 4.94. The molecule has 0 amide bonds. The van der Waals surface area contributed by atoms with E-state index in [9.17, 15) is 10.1 Å². The van der Waals surface area contributed by atoms with Gasteiger partial charge in [-0.2, -0.15) is 5.10 Å². The molecule has 5 aromatic rings. The second-order valence-corrected chi connectivity index (χ2v) is 6.95. The van der Waals surface area contributed by atoms with Gasteiger partial charge in [-0.25, -0.2) is 9.67 Å². The van der Waals surface area contributed by atoms with Crippen LogP contribution in [0.2, 0.25) is 0 Å². The number of aryl methyl sites for hydroxylation is 1. The van der Waals surface area contributed by atoms with E-state index in [1.807, 2.05) is 76.8 Å². The predicted octanol–water partition coefficient (Wildman–Crippen LogP) is 5.09. The number of nitro benzene ring substituents is 1. The number of fused-ring (bicyclic) bond motifs is 1. The molecule has 0 bridgehead atoms. The van der Waals surface area contributed by atoms with Crippen LogP contribution in [0.3, 0.4) is 0 Å². The predicted molar refractivity (Wildman–Crippen MR) is 115 cm³/mol. The number of rotatable bonds is 4. The molecule has 146 valence electrons. The zero-order chi connectivity index (χ0) is 20.7. The van der Waals surface area contributed by atoms with Crippen molar-refractivity contribution in [2.24, 2.45) is 0 Å². The van der Waals surface area contributed by atoms with Crippen molar-refractivity contribution in [3.63, 3.8) is 0 Å². The van der Waals surface area contributed by atoms with Gasteiger partial charge in [0.1, 0.15) is 11.6 Å². The number of benzene rings is 3. The van der Waals surface area contributed by atoms with E-state index < -0.39 is 4.92 Å². The lowest BCUT2D eigenvalue weighted by Crippen LogP contribution is -2.07. The smallest absolute Gasteiger partial charge is 0.269 e. The van der Waals surface area contributed by atoms with Gasteiger partial charge in [0.25, 0.3) is 5.69 Å². The van der Waals surface area contributed by atoms with Gasteiger partial charge in [-0.15, -0.1) is 0 Å². The van der Waals surface area contributed by atoms with Crippen LogP contribution in [-0.2, 0) is 0 Å².